The molecule has 1 fully saturated rings. The minimum absolute atomic E-state index is 0.0946. The van der Waals surface area contributed by atoms with E-state index in [1.807, 2.05) is 13.0 Å². The summed E-state index contributed by atoms with van der Waals surface area (Å²) in [5, 5.41) is 1.82. The third-order valence-corrected chi connectivity index (χ3v) is 6.82. The average Bonchev–Trinajstić information content (AvgIpc) is 3.07. The minimum atomic E-state index is -3.52. The van der Waals surface area contributed by atoms with Gasteiger partial charge in [0.25, 0.3) is 0 Å². The molecule has 0 bridgehead atoms. The number of sulfone groups is 1. The Balaban J connectivity index is 1.76. The molecule has 1 atom stereocenters. The third kappa shape index (κ3) is 3.68. The number of hydrogen-bond donors (Lipinski definition) is 0. The number of thiazole rings is 1. The molecule has 3 heterocycles. The molecule has 0 radical (unpaired) electrons. The monoisotopic (exact) mass is 376 g/mol. The van der Waals surface area contributed by atoms with Crippen LogP contribution in [0.25, 0.3) is 0 Å². The van der Waals surface area contributed by atoms with Crippen LogP contribution in [0.1, 0.15) is 6.92 Å². The molecule has 1 aromatic heterocycles. The molecular weight excluding hydrogens is 360 g/mol. The fourth-order valence-electron chi connectivity index (χ4n) is 2.41. The largest absolute Gasteiger partial charge is 0.378 e. The zero-order valence-electron chi connectivity index (χ0n) is 12.6. The first-order chi connectivity index (χ1) is 11.0. The second-order valence-electron chi connectivity index (χ2n) is 5.26. The maximum Gasteiger partial charge on any atom is 0.223 e. The van der Waals surface area contributed by atoms with Crippen LogP contribution in [-0.4, -0.2) is 66.7 Å². The summed E-state index contributed by atoms with van der Waals surface area (Å²) < 4.78 is 30.2. The summed E-state index contributed by atoms with van der Waals surface area (Å²) in [5.74, 6) is 0.533. The van der Waals surface area contributed by atoms with Gasteiger partial charge in [0.1, 0.15) is 11.7 Å². The van der Waals surface area contributed by atoms with E-state index >= 15 is 0 Å². The zero-order chi connectivity index (χ0) is 16.4. The molecule has 2 aliphatic rings. The van der Waals surface area contributed by atoms with Crippen LogP contribution >= 0.6 is 22.9 Å². The highest BCUT2D eigenvalue weighted by Crippen LogP contribution is 2.23. The summed E-state index contributed by atoms with van der Waals surface area (Å²) >= 11 is 7.35. The molecular formula is C13H17ClN4O3S2. The molecule has 0 N–H and O–H groups in total. The van der Waals surface area contributed by atoms with Crippen molar-refractivity contribution in [3.05, 3.63) is 23.5 Å². The Morgan fingerprint density at radius 1 is 1.43 bits per heavy atom. The SMILES string of the molecule is C[C@@H]1C=C(N2CCOCC2)N=C(Cl)N1CS(=O)(=O)c1nccs1. The molecule has 126 valence electrons. The zero-order valence-corrected chi connectivity index (χ0v) is 14.9. The maximum atomic E-state index is 12.4. The Morgan fingerprint density at radius 3 is 2.78 bits per heavy atom. The molecule has 0 spiro atoms. The van der Waals surface area contributed by atoms with E-state index in [2.05, 4.69) is 14.9 Å². The van der Waals surface area contributed by atoms with Crippen LogP contribution in [0.3, 0.4) is 0 Å². The highest BCUT2D eigenvalue weighted by Gasteiger charge is 2.30. The van der Waals surface area contributed by atoms with Crippen LogP contribution in [0.5, 0.6) is 0 Å². The van der Waals surface area contributed by atoms with E-state index in [-0.39, 0.29) is 21.6 Å². The van der Waals surface area contributed by atoms with Crippen LogP contribution in [-0.2, 0) is 14.6 Å². The molecule has 1 aromatic rings. The molecule has 10 heteroatoms. The van der Waals surface area contributed by atoms with Crippen molar-refractivity contribution in [1.82, 2.24) is 14.8 Å². The van der Waals surface area contributed by atoms with Crippen LogP contribution in [0, 0.1) is 0 Å². The highest BCUT2D eigenvalue weighted by atomic mass is 35.5. The van der Waals surface area contributed by atoms with Crippen molar-refractivity contribution in [2.24, 2.45) is 4.99 Å². The number of aliphatic imine (C=N–C) groups is 1. The van der Waals surface area contributed by atoms with Gasteiger partial charge in [0.15, 0.2) is 0 Å². The number of halogens is 1. The van der Waals surface area contributed by atoms with Crippen molar-refractivity contribution in [2.45, 2.75) is 17.3 Å². The standard InChI is InChI=1S/C13H17ClN4O3S2/c1-10-8-11(17-3-5-21-6-4-17)16-12(14)18(10)9-23(19,20)13-15-2-7-22-13/h2,7-8,10H,3-6,9H2,1H3/t10-/m1/s1. The van der Waals surface area contributed by atoms with Crippen molar-refractivity contribution in [1.29, 1.82) is 0 Å². The van der Waals surface area contributed by atoms with Gasteiger partial charge in [-0.2, -0.15) is 0 Å². The van der Waals surface area contributed by atoms with Crippen LogP contribution < -0.4 is 0 Å². The molecule has 7 nitrogen and oxygen atoms in total. The van der Waals surface area contributed by atoms with E-state index in [0.29, 0.717) is 13.2 Å². The summed E-state index contributed by atoms with van der Waals surface area (Å²) in [6, 6.07) is -0.174. The van der Waals surface area contributed by atoms with Gasteiger partial charge in [0.2, 0.25) is 19.5 Å². The number of aromatic nitrogens is 1. The smallest absolute Gasteiger partial charge is 0.223 e. The van der Waals surface area contributed by atoms with Crippen LogP contribution in [0.2, 0.25) is 0 Å². The number of nitrogens with zero attached hydrogens (tertiary/aromatic N) is 4. The van der Waals surface area contributed by atoms with Gasteiger partial charge < -0.3 is 14.5 Å². The molecule has 2 aliphatic heterocycles. The Bertz CT molecular complexity index is 712. The molecule has 3 rings (SSSR count). The van der Waals surface area contributed by atoms with E-state index in [4.69, 9.17) is 16.3 Å². The second-order valence-corrected chi connectivity index (χ2v) is 8.62. The lowest BCUT2D eigenvalue weighted by Gasteiger charge is -2.35. The number of amidine groups is 1. The predicted molar refractivity (Wildman–Crippen MR) is 89.2 cm³/mol. The Kier molecular flexibility index (Phi) is 4.90. The van der Waals surface area contributed by atoms with Crippen molar-refractivity contribution in [3.63, 3.8) is 0 Å². The fraction of sp³-hybridized carbons (Fsp3) is 0.538. The lowest BCUT2D eigenvalue weighted by atomic mass is 10.2. The average molecular weight is 377 g/mol. The number of rotatable bonds is 4. The van der Waals surface area contributed by atoms with Gasteiger partial charge >= 0.3 is 0 Å². The van der Waals surface area contributed by atoms with Gasteiger partial charge in [-0.25, -0.2) is 18.4 Å². The summed E-state index contributed by atoms with van der Waals surface area (Å²) in [6.07, 6.45) is 3.40. The molecule has 0 amide bonds. The summed E-state index contributed by atoms with van der Waals surface area (Å²) in [4.78, 5) is 11.9. The molecule has 0 unspecified atom stereocenters. The first-order valence-corrected chi connectivity index (χ1v) is 10.1. The fourth-order valence-corrected chi connectivity index (χ4v) is 5.11. The number of ether oxygens (including phenoxy) is 1. The van der Waals surface area contributed by atoms with Crippen molar-refractivity contribution in [3.8, 4) is 0 Å². The van der Waals surface area contributed by atoms with E-state index in [0.717, 1.165) is 30.2 Å². The van der Waals surface area contributed by atoms with Gasteiger partial charge in [-0.1, -0.05) is 0 Å². The van der Waals surface area contributed by atoms with E-state index in [1.165, 1.54) is 6.20 Å². The van der Waals surface area contributed by atoms with Crippen molar-refractivity contribution in [2.75, 3.05) is 32.2 Å². The van der Waals surface area contributed by atoms with Gasteiger partial charge in [0, 0.05) is 24.7 Å². The topological polar surface area (TPSA) is 75.1 Å². The quantitative estimate of drug-likeness (QED) is 0.738. The Labute approximate surface area is 144 Å². The van der Waals surface area contributed by atoms with Crippen LogP contribution in [0.4, 0.5) is 0 Å². The Morgan fingerprint density at radius 2 is 2.17 bits per heavy atom. The molecule has 23 heavy (non-hydrogen) atoms. The lowest BCUT2D eigenvalue weighted by Crippen LogP contribution is -2.44. The summed E-state index contributed by atoms with van der Waals surface area (Å²) in [7, 11) is -3.52. The molecule has 0 aromatic carbocycles. The number of hydrogen-bond acceptors (Lipinski definition) is 8. The molecule has 0 saturated carbocycles. The van der Waals surface area contributed by atoms with E-state index < -0.39 is 9.84 Å². The van der Waals surface area contributed by atoms with E-state index in [1.54, 1.807) is 10.3 Å². The first-order valence-electron chi connectivity index (χ1n) is 7.15. The van der Waals surface area contributed by atoms with Gasteiger partial charge in [-0.15, -0.1) is 11.3 Å². The van der Waals surface area contributed by atoms with E-state index in [9.17, 15) is 8.42 Å². The lowest BCUT2D eigenvalue weighted by molar-refractivity contribution is 0.0524. The highest BCUT2D eigenvalue weighted by molar-refractivity contribution is 7.93. The normalized spacial score (nSPS) is 22.8. The van der Waals surface area contributed by atoms with Gasteiger partial charge in [-0.05, 0) is 24.6 Å². The molecule has 1 saturated heterocycles. The predicted octanol–water partition coefficient (Wildman–Crippen LogP) is 1.35. The van der Waals surface area contributed by atoms with Gasteiger partial charge in [-0.3, -0.25) is 0 Å². The number of morpholine rings is 1. The third-order valence-electron chi connectivity index (χ3n) is 3.65. The minimum Gasteiger partial charge on any atom is -0.378 e. The van der Waals surface area contributed by atoms with Gasteiger partial charge in [0.05, 0.1) is 19.3 Å². The Hall–Kier alpha value is -1.16. The van der Waals surface area contributed by atoms with Crippen molar-refractivity contribution >= 4 is 38.1 Å². The first kappa shape index (κ1) is 16.7. The molecule has 0 aliphatic carbocycles. The maximum absolute atomic E-state index is 12.4. The second kappa shape index (κ2) is 6.76. The summed E-state index contributed by atoms with van der Waals surface area (Å²) in [5.41, 5.74) is 0. The van der Waals surface area contributed by atoms with Crippen molar-refractivity contribution < 1.29 is 13.2 Å². The van der Waals surface area contributed by atoms with Crippen LogP contribution in [0.15, 0.2) is 32.8 Å². The summed E-state index contributed by atoms with van der Waals surface area (Å²) in [6.45, 7) is 4.71.